The lowest BCUT2D eigenvalue weighted by molar-refractivity contribution is 0.0734. The first-order valence-corrected chi connectivity index (χ1v) is 13.0. The molecule has 0 saturated carbocycles. The van der Waals surface area contributed by atoms with Crippen molar-refractivity contribution in [3.05, 3.63) is 131 Å². The molecule has 0 aliphatic carbocycles. The molecule has 0 aromatic heterocycles. The molecule has 40 heavy (non-hydrogen) atoms. The zero-order valence-corrected chi connectivity index (χ0v) is 22.0. The van der Waals surface area contributed by atoms with Gasteiger partial charge < -0.3 is 24.7 Å². The Hall–Kier alpha value is -5.22. The Kier molecular flexibility index (Phi) is 7.98. The van der Waals surface area contributed by atoms with Crippen molar-refractivity contribution in [1.82, 2.24) is 0 Å². The molecule has 1 unspecified atom stereocenters. The second kappa shape index (κ2) is 12.1. The highest BCUT2D eigenvalue weighted by Crippen LogP contribution is 2.43. The summed E-state index contributed by atoms with van der Waals surface area (Å²) in [5.41, 5.74) is 9.49. The normalized spacial score (nSPS) is 13.9. The van der Waals surface area contributed by atoms with Crippen LogP contribution in [0.4, 0.5) is 0 Å². The molecular formula is C33H28N2O5. The maximum Gasteiger partial charge on any atom is 0.343 e. The van der Waals surface area contributed by atoms with Gasteiger partial charge in [0.25, 0.3) is 0 Å². The summed E-state index contributed by atoms with van der Waals surface area (Å²) in [5.74, 6) is 1.05. The summed E-state index contributed by atoms with van der Waals surface area (Å²) >= 11 is 0. The van der Waals surface area contributed by atoms with Crippen molar-refractivity contribution < 1.29 is 23.7 Å². The van der Waals surface area contributed by atoms with Crippen molar-refractivity contribution in [2.45, 2.75) is 25.9 Å². The van der Waals surface area contributed by atoms with Crippen LogP contribution in [0.2, 0.25) is 0 Å². The van der Waals surface area contributed by atoms with Crippen LogP contribution >= 0.6 is 0 Å². The Bertz CT molecular complexity index is 1570. The van der Waals surface area contributed by atoms with Crippen LogP contribution in [0.15, 0.2) is 109 Å². The van der Waals surface area contributed by atoms with E-state index in [4.69, 9.17) is 24.7 Å². The van der Waals surface area contributed by atoms with Crippen molar-refractivity contribution in [2.75, 3.05) is 6.61 Å². The molecule has 4 aromatic rings. The Labute approximate surface area is 233 Å². The SMILES string of the molecule is CCCOc1cccc(C(=O)Oc2ccc3c(c2)OC(N)=C(C#N)C3c2ccc(OCc3ccccc3)cc2)c1. The summed E-state index contributed by atoms with van der Waals surface area (Å²) in [6, 6.07) is 31.6. The van der Waals surface area contributed by atoms with Gasteiger partial charge in [-0.05, 0) is 53.9 Å². The van der Waals surface area contributed by atoms with Gasteiger partial charge in [0.1, 0.15) is 41.2 Å². The van der Waals surface area contributed by atoms with Crippen molar-refractivity contribution in [2.24, 2.45) is 5.73 Å². The highest BCUT2D eigenvalue weighted by atomic mass is 16.5. The molecule has 1 heterocycles. The number of benzene rings is 4. The third-order valence-electron chi connectivity index (χ3n) is 6.41. The molecule has 4 aromatic carbocycles. The number of hydrogen-bond acceptors (Lipinski definition) is 7. The van der Waals surface area contributed by atoms with E-state index in [1.165, 1.54) is 0 Å². The first-order chi connectivity index (χ1) is 19.6. The molecule has 0 bridgehead atoms. The fourth-order valence-electron chi connectivity index (χ4n) is 4.44. The fourth-order valence-corrected chi connectivity index (χ4v) is 4.44. The minimum absolute atomic E-state index is 0.00801. The molecule has 2 N–H and O–H groups in total. The number of hydrogen-bond donors (Lipinski definition) is 1. The second-order valence-corrected chi connectivity index (χ2v) is 9.23. The smallest absolute Gasteiger partial charge is 0.343 e. The van der Waals surface area contributed by atoms with Crippen LogP contribution in [0.3, 0.4) is 0 Å². The predicted molar refractivity (Wildman–Crippen MR) is 150 cm³/mol. The molecule has 1 aliphatic rings. The molecule has 0 radical (unpaired) electrons. The van der Waals surface area contributed by atoms with E-state index in [9.17, 15) is 10.1 Å². The van der Waals surface area contributed by atoms with Crippen molar-refractivity contribution in [1.29, 1.82) is 5.26 Å². The summed E-state index contributed by atoms with van der Waals surface area (Å²) in [4.78, 5) is 12.8. The number of carbonyl (C=O) groups excluding carboxylic acids is 1. The molecule has 5 rings (SSSR count). The van der Waals surface area contributed by atoms with Crippen LogP contribution in [-0.2, 0) is 6.61 Å². The van der Waals surface area contributed by atoms with Gasteiger partial charge in [0.05, 0.1) is 18.1 Å². The molecule has 1 aliphatic heterocycles. The van der Waals surface area contributed by atoms with E-state index in [1.807, 2.05) is 61.5 Å². The Morgan fingerprint density at radius 2 is 1.68 bits per heavy atom. The van der Waals surface area contributed by atoms with Crippen LogP contribution in [0, 0.1) is 11.3 Å². The maximum absolute atomic E-state index is 12.8. The average Bonchev–Trinajstić information content (AvgIpc) is 2.99. The van der Waals surface area contributed by atoms with E-state index < -0.39 is 11.9 Å². The van der Waals surface area contributed by atoms with E-state index in [1.54, 1.807) is 42.5 Å². The summed E-state index contributed by atoms with van der Waals surface area (Å²) in [7, 11) is 0. The number of ether oxygens (including phenoxy) is 4. The lowest BCUT2D eigenvalue weighted by atomic mass is 9.83. The quantitative estimate of drug-likeness (QED) is 0.194. The van der Waals surface area contributed by atoms with Crippen LogP contribution < -0.4 is 24.7 Å². The minimum Gasteiger partial charge on any atom is -0.494 e. The number of fused-ring (bicyclic) bond motifs is 1. The van der Waals surface area contributed by atoms with Gasteiger partial charge in [0, 0.05) is 11.6 Å². The molecule has 0 saturated heterocycles. The molecule has 7 nitrogen and oxygen atoms in total. The maximum atomic E-state index is 12.8. The highest BCUT2D eigenvalue weighted by Gasteiger charge is 2.31. The lowest BCUT2D eigenvalue weighted by Gasteiger charge is -2.26. The van der Waals surface area contributed by atoms with Crippen molar-refractivity contribution in [3.63, 3.8) is 0 Å². The lowest BCUT2D eigenvalue weighted by Crippen LogP contribution is -2.21. The number of nitriles is 1. The van der Waals surface area contributed by atoms with E-state index in [0.29, 0.717) is 47.3 Å². The standard InChI is InChI=1S/C33H28N2O5/c1-2-17-37-26-10-6-9-24(18-26)33(36)39-27-15-16-28-30(19-27)40-32(35)29(20-34)31(28)23-11-13-25(14-12-23)38-21-22-7-4-3-5-8-22/h3-16,18-19,31H,2,17,21,35H2,1H3. The predicted octanol–water partition coefficient (Wildman–Crippen LogP) is 6.49. The van der Waals surface area contributed by atoms with Crippen molar-refractivity contribution >= 4 is 5.97 Å². The van der Waals surface area contributed by atoms with E-state index in [-0.39, 0.29) is 5.88 Å². The number of nitrogens with zero attached hydrogens (tertiary/aromatic N) is 1. The van der Waals surface area contributed by atoms with Gasteiger partial charge in [-0.15, -0.1) is 0 Å². The minimum atomic E-state index is -0.526. The number of carbonyl (C=O) groups is 1. The number of allylic oxidation sites excluding steroid dienone is 1. The third-order valence-corrected chi connectivity index (χ3v) is 6.41. The molecule has 0 fully saturated rings. The Morgan fingerprint density at radius 1 is 0.900 bits per heavy atom. The van der Waals surface area contributed by atoms with Crippen LogP contribution in [0.5, 0.6) is 23.0 Å². The highest BCUT2D eigenvalue weighted by molar-refractivity contribution is 5.91. The number of rotatable bonds is 9. The third kappa shape index (κ3) is 5.92. The fraction of sp³-hybridized carbons (Fsp3) is 0.152. The van der Waals surface area contributed by atoms with E-state index >= 15 is 0 Å². The van der Waals surface area contributed by atoms with Gasteiger partial charge in [0.15, 0.2) is 0 Å². The van der Waals surface area contributed by atoms with Gasteiger partial charge in [-0.25, -0.2) is 4.79 Å². The van der Waals surface area contributed by atoms with Crippen LogP contribution in [-0.4, -0.2) is 12.6 Å². The van der Waals surface area contributed by atoms with Gasteiger partial charge >= 0.3 is 5.97 Å². The topological polar surface area (TPSA) is 104 Å². The largest absolute Gasteiger partial charge is 0.494 e. The molecule has 200 valence electrons. The summed E-state index contributed by atoms with van der Waals surface area (Å²) in [5, 5.41) is 9.89. The summed E-state index contributed by atoms with van der Waals surface area (Å²) in [6.45, 7) is 3.03. The summed E-state index contributed by atoms with van der Waals surface area (Å²) in [6.07, 6.45) is 0.863. The molecular weight excluding hydrogens is 504 g/mol. The van der Waals surface area contributed by atoms with Gasteiger partial charge in [-0.1, -0.05) is 61.5 Å². The van der Waals surface area contributed by atoms with Gasteiger partial charge in [-0.2, -0.15) is 5.26 Å². The Morgan fingerprint density at radius 3 is 2.42 bits per heavy atom. The first-order valence-electron chi connectivity index (χ1n) is 13.0. The number of esters is 1. The molecule has 0 amide bonds. The van der Waals surface area contributed by atoms with Gasteiger partial charge in [-0.3, -0.25) is 0 Å². The molecule has 1 atom stereocenters. The second-order valence-electron chi connectivity index (χ2n) is 9.23. The molecule has 0 spiro atoms. The van der Waals surface area contributed by atoms with E-state index in [0.717, 1.165) is 23.1 Å². The van der Waals surface area contributed by atoms with Gasteiger partial charge in [0.2, 0.25) is 5.88 Å². The van der Waals surface area contributed by atoms with Crippen LogP contribution in [0.25, 0.3) is 0 Å². The van der Waals surface area contributed by atoms with Crippen LogP contribution in [0.1, 0.15) is 46.3 Å². The first kappa shape index (κ1) is 26.4. The average molecular weight is 533 g/mol. The van der Waals surface area contributed by atoms with Crippen molar-refractivity contribution in [3.8, 4) is 29.1 Å². The zero-order valence-electron chi connectivity index (χ0n) is 22.0. The Balaban J connectivity index is 1.35. The molecule has 7 heteroatoms. The summed E-state index contributed by atoms with van der Waals surface area (Å²) < 4.78 is 22.9. The number of nitrogens with two attached hydrogens (primary N) is 1. The monoisotopic (exact) mass is 532 g/mol. The zero-order chi connectivity index (χ0) is 27.9. The van der Waals surface area contributed by atoms with E-state index in [2.05, 4.69) is 6.07 Å².